The standard InChI is InChI=1S/C28H42N4O5S/c1-15-8-7-9-19-13-30-27(29)32-21(19)11-22(16(2)10-20-14-38-18(4)31-20)37-24(34)12-23(33)28(5,6)26(36)17(3)25(15)35/h10,13,15,17,20,22-23,25,33,35H,7-9,11-12,14H2,1-6H3,(H2,29,30,32)/b16-10+/t15?,17-,20?,22+,23+,25?/m1/s1. The van der Waals surface area contributed by atoms with Gasteiger partial charge in [0.1, 0.15) is 11.9 Å². The van der Waals surface area contributed by atoms with E-state index in [9.17, 15) is 19.8 Å². The van der Waals surface area contributed by atoms with E-state index in [0.717, 1.165) is 28.4 Å². The fourth-order valence-electron chi connectivity index (χ4n) is 5.13. The molecule has 3 unspecified atom stereocenters. The molecule has 0 radical (unpaired) electrons. The Kier molecular flexibility index (Phi) is 10.1. The Bertz CT molecular complexity index is 1090. The van der Waals surface area contributed by atoms with Gasteiger partial charge in [-0.25, -0.2) is 9.97 Å². The van der Waals surface area contributed by atoms with Gasteiger partial charge in [0.15, 0.2) is 0 Å². The van der Waals surface area contributed by atoms with Gasteiger partial charge in [0.25, 0.3) is 0 Å². The third-order valence-electron chi connectivity index (χ3n) is 7.84. The fourth-order valence-corrected chi connectivity index (χ4v) is 5.92. The maximum Gasteiger partial charge on any atom is 0.309 e. The summed E-state index contributed by atoms with van der Waals surface area (Å²) in [4.78, 5) is 39.7. The molecule has 0 bridgehead atoms. The van der Waals surface area contributed by atoms with Crippen LogP contribution < -0.4 is 5.73 Å². The first-order valence-electron chi connectivity index (χ1n) is 13.3. The molecule has 10 heteroatoms. The number of nitrogen functional groups attached to an aromatic ring is 1. The third kappa shape index (κ3) is 7.42. The number of nitrogens with two attached hydrogens (primary N) is 1. The van der Waals surface area contributed by atoms with E-state index < -0.39 is 35.6 Å². The van der Waals surface area contributed by atoms with E-state index in [-0.39, 0.29) is 30.1 Å². The summed E-state index contributed by atoms with van der Waals surface area (Å²) in [5.74, 6) is -0.755. The summed E-state index contributed by atoms with van der Waals surface area (Å²) in [6, 6.07) is -0.00875. The number of aliphatic imine (C=N–C) groups is 1. The zero-order valence-electron chi connectivity index (χ0n) is 23.3. The Balaban J connectivity index is 1.98. The van der Waals surface area contributed by atoms with Gasteiger partial charge in [-0.1, -0.05) is 33.8 Å². The van der Waals surface area contributed by atoms with Crippen LogP contribution >= 0.6 is 11.8 Å². The van der Waals surface area contributed by atoms with Crippen molar-refractivity contribution in [2.24, 2.45) is 22.2 Å². The van der Waals surface area contributed by atoms with E-state index in [2.05, 4.69) is 15.0 Å². The molecule has 0 amide bonds. The van der Waals surface area contributed by atoms with E-state index >= 15 is 0 Å². The number of ketones is 1. The molecule has 4 N–H and O–H groups in total. The number of aliphatic hydroxyl groups excluding tert-OH is 2. The van der Waals surface area contributed by atoms with Crippen LogP contribution in [0.25, 0.3) is 0 Å². The van der Waals surface area contributed by atoms with Crippen LogP contribution in [0.1, 0.15) is 72.1 Å². The summed E-state index contributed by atoms with van der Waals surface area (Å²) in [5, 5.41) is 22.9. The number of carbonyl (C=O) groups is 2. The number of Topliss-reactive ketones (excluding diaryl/α,β-unsaturated/α-hetero) is 1. The van der Waals surface area contributed by atoms with Crippen molar-refractivity contribution in [1.29, 1.82) is 0 Å². The molecule has 0 aliphatic carbocycles. The lowest BCUT2D eigenvalue weighted by Gasteiger charge is -2.34. The number of cyclic esters (lactones) is 1. The summed E-state index contributed by atoms with van der Waals surface area (Å²) < 4.78 is 5.93. The van der Waals surface area contributed by atoms with E-state index in [4.69, 9.17) is 10.5 Å². The van der Waals surface area contributed by atoms with Crippen molar-refractivity contribution in [1.82, 2.24) is 9.97 Å². The van der Waals surface area contributed by atoms with Gasteiger partial charge in [-0.3, -0.25) is 14.6 Å². The van der Waals surface area contributed by atoms with Crippen molar-refractivity contribution in [3.8, 4) is 0 Å². The highest BCUT2D eigenvalue weighted by atomic mass is 32.2. The lowest BCUT2D eigenvalue weighted by atomic mass is 9.73. The van der Waals surface area contributed by atoms with Gasteiger partial charge in [0.2, 0.25) is 5.95 Å². The minimum Gasteiger partial charge on any atom is -0.457 e. The van der Waals surface area contributed by atoms with Gasteiger partial charge in [-0.05, 0) is 50.2 Å². The number of carbonyl (C=O) groups excluding carboxylic acids is 2. The molecule has 2 aliphatic rings. The molecule has 9 nitrogen and oxygen atoms in total. The summed E-state index contributed by atoms with van der Waals surface area (Å²) in [6.45, 7) is 10.7. The number of aromatic nitrogens is 2. The maximum atomic E-state index is 13.3. The van der Waals surface area contributed by atoms with Crippen LogP contribution in [0.4, 0.5) is 5.95 Å². The first-order chi connectivity index (χ1) is 17.8. The monoisotopic (exact) mass is 546 g/mol. The van der Waals surface area contributed by atoms with Crippen LogP contribution in [0, 0.1) is 17.3 Å². The smallest absolute Gasteiger partial charge is 0.309 e. The van der Waals surface area contributed by atoms with Crippen LogP contribution in [0.2, 0.25) is 0 Å². The number of nitrogens with zero attached hydrogens (tertiary/aromatic N) is 3. The Labute approximate surface area is 229 Å². The number of aliphatic hydroxyl groups is 2. The van der Waals surface area contributed by atoms with E-state index in [0.29, 0.717) is 25.0 Å². The Morgan fingerprint density at radius 2 is 1.95 bits per heavy atom. The SMILES string of the molecule is CC1=NC(/C=C(\C)[C@@H]2Cc3nc(N)ncc3CCCC(C)C(O)[C@@H](C)C(=O)C(C)(C)[C@@H](O)CC(=O)O2)CS1. The van der Waals surface area contributed by atoms with Crippen molar-refractivity contribution in [3.63, 3.8) is 0 Å². The molecule has 2 aliphatic heterocycles. The number of hydrogen-bond acceptors (Lipinski definition) is 10. The summed E-state index contributed by atoms with van der Waals surface area (Å²) in [7, 11) is 0. The predicted octanol–water partition coefficient (Wildman–Crippen LogP) is 3.31. The van der Waals surface area contributed by atoms with E-state index in [1.807, 2.05) is 26.8 Å². The average Bonchev–Trinajstić information content (AvgIpc) is 3.26. The van der Waals surface area contributed by atoms with Gasteiger partial charge in [0.05, 0.1) is 40.8 Å². The second kappa shape index (κ2) is 12.7. The lowest BCUT2D eigenvalue weighted by Crippen LogP contribution is -2.45. The minimum absolute atomic E-state index is 0.00875. The van der Waals surface area contributed by atoms with E-state index in [1.165, 1.54) is 0 Å². The molecule has 1 aromatic heterocycles. The molecule has 0 fully saturated rings. The Morgan fingerprint density at radius 3 is 2.61 bits per heavy atom. The largest absolute Gasteiger partial charge is 0.457 e. The lowest BCUT2D eigenvalue weighted by molar-refractivity contribution is -0.154. The zero-order valence-corrected chi connectivity index (χ0v) is 24.1. The van der Waals surface area contributed by atoms with Gasteiger partial charge in [-0.15, -0.1) is 11.8 Å². The number of fused-ring (bicyclic) bond motifs is 1. The maximum absolute atomic E-state index is 13.3. The molecule has 0 aromatic carbocycles. The minimum atomic E-state index is -1.27. The van der Waals surface area contributed by atoms with Crippen molar-refractivity contribution in [2.45, 2.75) is 98.0 Å². The van der Waals surface area contributed by atoms with Crippen molar-refractivity contribution in [2.75, 3.05) is 11.5 Å². The normalized spacial score (nSPS) is 31.9. The Morgan fingerprint density at radius 1 is 1.24 bits per heavy atom. The topological polar surface area (TPSA) is 148 Å². The number of ether oxygens (including phenoxy) is 1. The third-order valence-corrected chi connectivity index (χ3v) is 8.87. The quantitative estimate of drug-likeness (QED) is 0.375. The molecular formula is C28H42N4O5S. The summed E-state index contributed by atoms with van der Waals surface area (Å²) >= 11 is 1.69. The van der Waals surface area contributed by atoms with Crippen molar-refractivity contribution < 1.29 is 24.5 Å². The van der Waals surface area contributed by atoms with Gasteiger partial charge in [0, 0.05) is 24.3 Å². The highest BCUT2D eigenvalue weighted by molar-refractivity contribution is 8.14. The number of aryl methyl sites for hydroxylation is 1. The molecule has 0 saturated heterocycles. The second-order valence-corrected chi connectivity index (χ2v) is 12.5. The van der Waals surface area contributed by atoms with Gasteiger partial charge >= 0.3 is 5.97 Å². The highest BCUT2D eigenvalue weighted by Crippen LogP contribution is 2.32. The molecule has 6 atom stereocenters. The molecular weight excluding hydrogens is 504 g/mol. The first kappa shape index (κ1) is 30.2. The van der Waals surface area contributed by atoms with Crippen LogP contribution in [0.15, 0.2) is 22.8 Å². The number of rotatable bonds is 2. The zero-order chi connectivity index (χ0) is 28.2. The van der Waals surface area contributed by atoms with Crippen molar-refractivity contribution >= 4 is 34.5 Å². The van der Waals surface area contributed by atoms with Crippen LogP contribution in [0.3, 0.4) is 0 Å². The highest BCUT2D eigenvalue weighted by Gasteiger charge is 2.42. The molecule has 1 aromatic rings. The number of thioether (sulfide) groups is 1. The number of hydrogen-bond donors (Lipinski definition) is 3. The van der Waals surface area contributed by atoms with Crippen LogP contribution in [-0.4, -0.2) is 67.1 Å². The fraction of sp³-hybridized carbons (Fsp3) is 0.679. The number of anilines is 1. The molecule has 3 rings (SSSR count). The second-order valence-electron chi connectivity index (χ2n) is 11.3. The molecule has 0 saturated carbocycles. The average molecular weight is 547 g/mol. The number of esters is 1. The molecule has 0 spiro atoms. The summed E-state index contributed by atoms with van der Waals surface area (Å²) in [5.41, 5.74) is 7.13. The van der Waals surface area contributed by atoms with Crippen LogP contribution in [-0.2, 0) is 27.2 Å². The molecule has 38 heavy (non-hydrogen) atoms. The molecule has 3 heterocycles. The van der Waals surface area contributed by atoms with Gasteiger partial charge in [-0.2, -0.15) is 0 Å². The predicted molar refractivity (Wildman–Crippen MR) is 150 cm³/mol. The van der Waals surface area contributed by atoms with Crippen LogP contribution in [0.5, 0.6) is 0 Å². The first-order valence-corrected chi connectivity index (χ1v) is 14.3. The van der Waals surface area contributed by atoms with Crippen molar-refractivity contribution in [3.05, 3.63) is 29.1 Å². The van der Waals surface area contributed by atoms with Gasteiger partial charge < -0.3 is 20.7 Å². The van der Waals surface area contributed by atoms with E-state index in [1.54, 1.807) is 38.7 Å². The Hall–Kier alpha value is -2.30. The summed E-state index contributed by atoms with van der Waals surface area (Å²) in [6.07, 6.45) is 2.99. The molecule has 210 valence electrons.